The summed E-state index contributed by atoms with van der Waals surface area (Å²) in [5.74, 6) is 0.349. The first-order valence-electron chi connectivity index (χ1n) is 11.9. The van der Waals surface area contributed by atoms with Crippen LogP contribution in [0, 0.1) is 26.6 Å². The Morgan fingerprint density at radius 1 is 1.06 bits per heavy atom. The lowest BCUT2D eigenvalue weighted by Gasteiger charge is -2.19. The summed E-state index contributed by atoms with van der Waals surface area (Å²) in [7, 11) is 0. The van der Waals surface area contributed by atoms with Gasteiger partial charge in [0.1, 0.15) is 11.6 Å². The first kappa shape index (κ1) is 26.9. The van der Waals surface area contributed by atoms with E-state index in [1.165, 1.54) is 35.4 Å². The van der Waals surface area contributed by atoms with Crippen molar-refractivity contribution in [3.05, 3.63) is 100 Å². The monoisotopic (exact) mass is 461 g/mol. The fourth-order valence-corrected chi connectivity index (χ4v) is 3.44. The molecule has 5 heteroatoms. The highest BCUT2D eigenvalue weighted by molar-refractivity contribution is 5.95. The molecular formula is C29H36FN3O. The third-order valence-corrected chi connectivity index (χ3v) is 5.49. The molecule has 0 saturated heterocycles. The van der Waals surface area contributed by atoms with Crippen LogP contribution in [0.25, 0.3) is 6.08 Å². The van der Waals surface area contributed by atoms with Crippen LogP contribution >= 0.6 is 0 Å². The molecule has 34 heavy (non-hydrogen) atoms. The van der Waals surface area contributed by atoms with E-state index in [0.29, 0.717) is 5.56 Å². The summed E-state index contributed by atoms with van der Waals surface area (Å²) < 4.78 is 13.0. The van der Waals surface area contributed by atoms with E-state index < -0.39 is 0 Å². The van der Waals surface area contributed by atoms with Gasteiger partial charge in [-0.2, -0.15) is 0 Å². The number of rotatable bonds is 5. The molecule has 0 spiro atoms. The molecule has 3 aromatic rings. The van der Waals surface area contributed by atoms with Gasteiger partial charge in [0.2, 0.25) is 0 Å². The standard InChI is InChI=1S/C21H22FNO.C6H8N2.C2H6/c1-3-4-5-17-14-18(9-6-15(17)2)21(12-13-21)23-20(24)16-7-10-19(22)11-8-16;1-5-3-4-7-6(2)8-5;1-2/h4-11,14H,3,12-13H2,1-2H3,(H,23,24);3-4H,1-2H3;1-2H3/b5-4-;;. The van der Waals surface area contributed by atoms with Crippen molar-refractivity contribution in [1.29, 1.82) is 0 Å². The van der Waals surface area contributed by atoms with Crippen LogP contribution in [0.3, 0.4) is 0 Å². The summed E-state index contributed by atoms with van der Waals surface area (Å²) in [5, 5.41) is 3.14. The van der Waals surface area contributed by atoms with Crippen LogP contribution in [-0.4, -0.2) is 15.9 Å². The van der Waals surface area contributed by atoms with Gasteiger partial charge in [-0.3, -0.25) is 4.79 Å². The molecule has 1 fully saturated rings. The molecule has 2 aromatic carbocycles. The Morgan fingerprint density at radius 3 is 2.26 bits per heavy atom. The Labute approximate surface area is 203 Å². The van der Waals surface area contributed by atoms with Crippen molar-refractivity contribution in [2.45, 2.75) is 66.3 Å². The maximum absolute atomic E-state index is 13.0. The number of nitrogens with one attached hydrogen (secondary N) is 1. The number of aryl methyl sites for hydroxylation is 3. The van der Waals surface area contributed by atoms with Crippen LogP contribution in [0.15, 0.2) is 60.8 Å². The Bertz CT molecular complexity index is 1090. The minimum Gasteiger partial charge on any atom is -0.343 e. The van der Waals surface area contributed by atoms with Crippen molar-refractivity contribution in [1.82, 2.24) is 15.3 Å². The number of carbonyl (C=O) groups excluding carboxylic acids is 1. The maximum atomic E-state index is 13.0. The zero-order valence-electron chi connectivity index (χ0n) is 21.2. The van der Waals surface area contributed by atoms with Gasteiger partial charge in [-0.1, -0.05) is 45.1 Å². The average Bonchev–Trinajstić information content (AvgIpc) is 3.61. The maximum Gasteiger partial charge on any atom is 0.251 e. The summed E-state index contributed by atoms with van der Waals surface area (Å²) >= 11 is 0. The predicted molar refractivity (Wildman–Crippen MR) is 138 cm³/mol. The number of carbonyl (C=O) groups is 1. The van der Waals surface area contributed by atoms with E-state index in [9.17, 15) is 9.18 Å². The summed E-state index contributed by atoms with van der Waals surface area (Å²) in [6.45, 7) is 12.0. The quantitative estimate of drug-likeness (QED) is 0.441. The van der Waals surface area contributed by atoms with E-state index in [2.05, 4.69) is 59.5 Å². The second-order valence-corrected chi connectivity index (χ2v) is 8.17. The Morgan fingerprint density at radius 2 is 1.74 bits per heavy atom. The van der Waals surface area contributed by atoms with Crippen molar-refractivity contribution in [3.63, 3.8) is 0 Å². The van der Waals surface area contributed by atoms with E-state index in [-0.39, 0.29) is 17.3 Å². The van der Waals surface area contributed by atoms with Gasteiger partial charge >= 0.3 is 0 Å². The fraction of sp³-hybridized carbons (Fsp3) is 0.345. The molecule has 4 nitrogen and oxygen atoms in total. The van der Waals surface area contributed by atoms with Crippen LogP contribution < -0.4 is 5.32 Å². The second-order valence-electron chi connectivity index (χ2n) is 8.17. The molecule has 1 saturated carbocycles. The van der Waals surface area contributed by atoms with E-state index >= 15 is 0 Å². The molecule has 1 amide bonds. The highest BCUT2D eigenvalue weighted by atomic mass is 19.1. The minimum absolute atomic E-state index is 0.154. The van der Waals surface area contributed by atoms with Crippen LogP contribution in [0.4, 0.5) is 4.39 Å². The molecule has 1 heterocycles. The lowest BCUT2D eigenvalue weighted by molar-refractivity contribution is 0.0930. The van der Waals surface area contributed by atoms with Gasteiger partial charge in [-0.25, -0.2) is 14.4 Å². The van der Waals surface area contributed by atoms with Gasteiger partial charge in [0.25, 0.3) is 5.91 Å². The summed E-state index contributed by atoms with van der Waals surface area (Å²) in [6.07, 6.45) is 8.90. The summed E-state index contributed by atoms with van der Waals surface area (Å²) in [5.41, 5.74) is 4.78. The molecule has 1 aromatic heterocycles. The molecule has 0 aliphatic heterocycles. The molecule has 0 bridgehead atoms. The van der Waals surface area contributed by atoms with Crippen LogP contribution in [0.5, 0.6) is 0 Å². The highest BCUT2D eigenvalue weighted by Gasteiger charge is 2.45. The highest BCUT2D eigenvalue weighted by Crippen LogP contribution is 2.46. The van der Waals surface area contributed by atoms with Gasteiger partial charge in [0.05, 0.1) is 5.54 Å². The lowest BCUT2D eigenvalue weighted by Crippen LogP contribution is -2.34. The molecule has 0 radical (unpaired) electrons. The normalized spacial score (nSPS) is 13.3. The summed E-state index contributed by atoms with van der Waals surface area (Å²) in [6, 6.07) is 13.9. The molecule has 180 valence electrons. The number of nitrogens with zero attached hydrogens (tertiary/aromatic N) is 2. The Balaban J connectivity index is 0.000000343. The van der Waals surface area contributed by atoms with E-state index in [1.807, 2.05) is 33.8 Å². The van der Waals surface area contributed by atoms with Crippen molar-refractivity contribution in [2.75, 3.05) is 0 Å². The molecule has 0 unspecified atom stereocenters. The number of amides is 1. The van der Waals surface area contributed by atoms with E-state index in [1.54, 1.807) is 6.20 Å². The molecule has 1 aliphatic carbocycles. The van der Waals surface area contributed by atoms with Gasteiger partial charge in [-0.05, 0) is 93.1 Å². The van der Waals surface area contributed by atoms with Crippen molar-refractivity contribution < 1.29 is 9.18 Å². The number of benzene rings is 2. The molecule has 0 atom stereocenters. The average molecular weight is 462 g/mol. The predicted octanol–water partition coefficient (Wildman–Crippen LogP) is 7.10. The Hall–Kier alpha value is -3.34. The number of halogens is 1. The first-order chi connectivity index (χ1) is 16.3. The van der Waals surface area contributed by atoms with Crippen LogP contribution in [0.2, 0.25) is 0 Å². The summed E-state index contributed by atoms with van der Waals surface area (Å²) in [4.78, 5) is 20.5. The van der Waals surface area contributed by atoms with Gasteiger partial charge < -0.3 is 5.32 Å². The van der Waals surface area contributed by atoms with Gasteiger partial charge in [-0.15, -0.1) is 0 Å². The van der Waals surface area contributed by atoms with Crippen LogP contribution in [-0.2, 0) is 5.54 Å². The SMILES string of the molecule is CC.CC/C=C\c1cc(C2(NC(=O)c3ccc(F)cc3)CC2)ccc1C.Cc1ccnc(C)n1. The van der Waals surface area contributed by atoms with Gasteiger partial charge in [0.15, 0.2) is 0 Å². The molecule has 1 aliphatic rings. The minimum atomic E-state index is -0.335. The smallest absolute Gasteiger partial charge is 0.251 e. The zero-order chi connectivity index (χ0) is 25.1. The van der Waals surface area contributed by atoms with E-state index in [4.69, 9.17) is 0 Å². The Kier molecular flexibility index (Phi) is 10.1. The van der Waals surface area contributed by atoms with Crippen LogP contribution in [0.1, 0.15) is 78.6 Å². The van der Waals surface area contributed by atoms with Crippen molar-refractivity contribution in [3.8, 4) is 0 Å². The van der Waals surface area contributed by atoms with E-state index in [0.717, 1.165) is 36.3 Å². The zero-order valence-corrected chi connectivity index (χ0v) is 21.2. The number of hydrogen-bond acceptors (Lipinski definition) is 3. The first-order valence-corrected chi connectivity index (χ1v) is 11.9. The lowest BCUT2D eigenvalue weighted by atomic mass is 9.97. The number of hydrogen-bond donors (Lipinski definition) is 1. The number of allylic oxidation sites excluding steroid dienone is 1. The fourth-order valence-electron chi connectivity index (χ4n) is 3.44. The topological polar surface area (TPSA) is 54.9 Å². The largest absolute Gasteiger partial charge is 0.343 e. The van der Waals surface area contributed by atoms with Crippen molar-refractivity contribution >= 4 is 12.0 Å². The van der Waals surface area contributed by atoms with Crippen molar-refractivity contribution in [2.24, 2.45) is 0 Å². The molecule has 1 N–H and O–H groups in total. The molecule has 4 rings (SSSR count). The number of aromatic nitrogens is 2. The third kappa shape index (κ3) is 7.62. The van der Waals surface area contributed by atoms with Gasteiger partial charge in [0, 0.05) is 17.5 Å². The third-order valence-electron chi connectivity index (χ3n) is 5.49. The second kappa shape index (κ2) is 12.8. The molecular weight excluding hydrogens is 425 g/mol.